The molecule has 0 radical (unpaired) electrons. The van der Waals surface area contributed by atoms with Crippen LogP contribution in [0.5, 0.6) is 5.75 Å². The van der Waals surface area contributed by atoms with Crippen LogP contribution in [0.1, 0.15) is 0 Å². The average molecular weight is 329 g/mol. The van der Waals surface area contributed by atoms with Crippen LogP contribution in [-0.4, -0.2) is 32.3 Å². The van der Waals surface area contributed by atoms with Gasteiger partial charge < -0.3 is 4.74 Å². The highest BCUT2D eigenvalue weighted by Crippen LogP contribution is 2.29. The first-order chi connectivity index (χ1) is 12.3. The van der Waals surface area contributed by atoms with Crippen LogP contribution in [0, 0.1) is 0 Å². The number of methoxy groups -OCH3 is 1. The zero-order valence-electron chi connectivity index (χ0n) is 13.6. The second-order valence-corrected chi connectivity index (χ2v) is 5.36. The summed E-state index contributed by atoms with van der Waals surface area (Å²) in [5, 5.41) is 12.6. The molecule has 6 heteroatoms. The molecule has 0 saturated heterocycles. The summed E-state index contributed by atoms with van der Waals surface area (Å²) in [5.74, 6) is 1.33. The Kier molecular flexibility index (Phi) is 3.92. The summed E-state index contributed by atoms with van der Waals surface area (Å²) in [6.07, 6.45) is 1.71. The minimum absolute atomic E-state index is 0.495. The Morgan fingerprint density at radius 3 is 2.44 bits per heavy atom. The molecule has 25 heavy (non-hydrogen) atoms. The van der Waals surface area contributed by atoms with Crippen LogP contribution in [0.2, 0.25) is 0 Å². The third-order valence-electron chi connectivity index (χ3n) is 3.82. The largest absolute Gasteiger partial charge is 0.496 e. The number of benzene rings is 2. The fraction of sp³-hybridized carbons (Fsp3) is 0.0526. The van der Waals surface area contributed by atoms with Gasteiger partial charge in [-0.15, -0.1) is 15.0 Å². The van der Waals surface area contributed by atoms with E-state index in [0.29, 0.717) is 11.5 Å². The number of hydrogen-bond acceptors (Lipinski definition) is 5. The van der Waals surface area contributed by atoms with Gasteiger partial charge in [0.15, 0.2) is 0 Å². The standard InChI is InChI=1S/C19H15N5O/c1-25-18-8-3-2-6-16(18)14-9-11-15(12-10-14)24-22-19(21-23-24)17-7-4-5-13-20-17/h2-13H,1H3. The Balaban J connectivity index is 1.64. The van der Waals surface area contributed by atoms with Crippen molar-refractivity contribution in [2.24, 2.45) is 0 Å². The fourth-order valence-corrected chi connectivity index (χ4v) is 2.58. The highest BCUT2D eigenvalue weighted by molar-refractivity contribution is 5.71. The van der Waals surface area contributed by atoms with Crippen molar-refractivity contribution in [2.75, 3.05) is 7.11 Å². The third kappa shape index (κ3) is 2.97. The van der Waals surface area contributed by atoms with E-state index in [4.69, 9.17) is 4.74 Å². The molecule has 0 atom stereocenters. The molecule has 0 fully saturated rings. The normalized spacial score (nSPS) is 10.6. The molecule has 122 valence electrons. The van der Waals surface area contributed by atoms with Crippen molar-refractivity contribution < 1.29 is 4.74 Å². The lowest BCUT2D eigenvalue weighted by Gasteiger charge is -2.08. The smallest absolute Gasteiger partial charge is 0.223 e. The summed E-state index contributed by atoms with van der Waals surface area (Å²) < 4.78 is 5.42. The summed E-state index contributed by atoms with van der Waals surface area (Å²) in [6, 6.07) is 21.4. The highest BCUT2D eigenvalue weighted by Gasteiger charge is 2.09. The molecule has 0 bridgehead atoms. The van der Waals surface area contributed by atoms with E-state index in [-0.39, 0.29) is 0 Å². The maximum absolute atomic E-state index is 5.42. The zero-order valence-corrected chi connectivity index (χ0v) is 13.6. The molecule has 0 aliphatic heterocycles. The molecule has 6 nitrogen and oxygen atoms in total. The minimum atomic E-state index is 0.495. The van der Waals surface area contributed by atoms with Crippen molar-refractivity contribution >= 4 is 0 Å². The van der Waals surface area contributed by atoms with E-state index >= 15 is 0 Å². The second kappa shape index (κ2) is 6.52. The number of rotatable bonds is 4. The van der Waals surface area contributed by atoms with E-state index in [0.717, 1.165) is 22.6 Å². The second-order valence-electron chi connectivity index (χ2n) is 5.36. The van der Waals surface area contributed by atoms with Gasteiger partial charge in [0.25, 0.3) is 0 Å². The molecule has 0 spiro atoms. The highest BCUT2D eigenvalue weighted by atomic mass is 16.5. The van der Waals surface area contributed by atoms with Gasteiger partial charge in [0.1, 0.15) is 11.4 Å². The van der Waals surface area contributed by atoms with Crippen molar-refractivity contribution in [3.8, 4) is 34.1 Å². The van der Waals surface area contributed by atoms with Gasteiger partial charge in [-0.25, -0.2) is 0 Å². The molecule has 0 aliphatic carbocycles. The first-order valence-electron chi connectivity index (χ1n) is 7.80. The van der Waals surface area contributed by atoms with E-state index in [9.17, 15) is 0 Å². The lowest BCUT2D eigenvalue weighted by atomic mass is 10.0. The van der Waals surface area contributed by atoms with E-state index in [2.05, 4.69) is 20.4 Å². The zero-order chi connectivity index (χ0) is 17.1. The van der Waals surface area contributed by atoms with Crippen molar-refractivity contribution in [3.63, 3.8) is 0 Å². The van der Waals surface area contributed by atoms with Gasteiger partial charge in [-0.2, -0.15) is 0 Å². The number of aromatic nitrogens is 5. The molecule has 0 amide bonds. The maximum atomic E-state index is 5.42. The molecule has 4 rings (SSSR count). The van der Waals surface area contributed by atoms with Gasteiger partial charge in [0.05, 0.1) is 12.8 Å². The predicted octanol–water partition coefficient (Wildman–Crippen LogP) is 3.40. The number of tetrazole rings is 1. The van der Waals surface area contributed by atoms with E-state index < -0.39 is 0 Å². The summed E-state index contributed by atoms with van der Waals surface area (Å²) >= 11 is 0. The monoisotopic (exact) mass is 329 g/mol. The van der Waals surface area contributed by atoms with Crippen molar-refractivity contribution in [1.29, 1.82) is 0 Å². The van der Waals surface area contributed by atoms with Gasteiger partial charge in [-0.1, -0.05) is 36.4 Å². The van der Waals surface area contributed by atoms with E-state index in [1.807, 2.05) is 66.7 Å². The van der Waals surface area contributed by atoms with Crippen molar-refractivity contribution in [1.82, 2.24) is 25.2 Å². The molecule has 0 N–H and O–H groups in total. The van der Waals surface area contributed by atoms with Crippen LogP contribution in [0.15, 0.2) is 72.9 Å². The van der Waals surface area contributed by atoms with Crippen molar-refractivity contribution in [3.05, 3.63) is 72.9 Å². The predicted molar refractivity (Wildman–Crippen MR) is 94.4 cm³/mol. The first-order valence-corrected chi connectivity index (χ1v) is 7.80. The Bertz CT molecular complexity index is 980. The molecule has 0 aliphatic rings. The van der Waals surface area contributed by atoms with Crippen LogP contribution in [0.4, 0.5) is 0 Å². The van der Waals surface area contributed by atoms with Crippen molar-refractivity contribution in [2.45, 2.75) is 0 Å². The van der Waals surface area contributed by atoms with Crippen LogP contribution in [0.3, 0.4) is 0 Å². The van der Waals surface area contributed by atoms with Crippen LogP contribution in [-0.2, 0) is 0 Å². The SMILES string of the molecule is COc1ccccc1-c1ccc(-n2nnc(-c3ccccn3)n2)cc1. The van der Waals surface area contributed by atoms with Gasteiger partial charge in [0.2, 0.25) is 5.82 Å². The molecule has 2 aromatic carbocycles. The third-order valence-corrected chi connectivity index (χ3v) is 3.82. The first kappa shape index (κ1) is 15.0. The Hall–Kier alpha value is -3.54. The summed E-state index contributed by atoms with van der Waals surface area (Å²) in [7, 11) is 1.67. The lowest BCUT2D eigenvalue weighted by molar-refractivity contribution is 0.416. The van der Waals surface area contributed by atoms with Gasteiger partial charge in [-0.05, 0) is 41.1 Å². The van der Waals surface area contributed by atoms with Crippen LogP contribution >= 0.6 is 0 Å². The summed E-state index contributed by atoms with van der Waals surface area (Å²) in [6.45, 7) is 0. The van der Waals surface area contributed by atoms with Gasteiger partial charge in [-0.3, -0.25) is 4.98 Å². The van der Waals surface area contributed by atoms with E-state index in [1.54, 1.807) is 13.3 Å². The number of nitrogens with zero attached hydrogens (tertiary/aromatic N) is 5. The number of pyridine rings is 1. The Morgan fingerprint density at radius 2 is 1.68 bits per heavy atom. The Labute approximate surface area is 144 Å². The molecule has 2 heterocycles. The van der Waals surface area contributed by atoms with Gasteiger partial charge >= 0.3 is 0 Å². The lowest BCUT2D eigenvalue weighted by Crippen LogP contribution is -1.99. The number of para-hydroxylation sites is 1. The average Bonchev–Trinajstić information content (AvgIpc) is 3.19. The fourth-order valence-electron chi connectivity index (χ4n) is 2.58. The minimum Gasteiger partial charge on any atom is -0.496 e. The summed E-state index contributed by atoms with van der Waals surface area (Å²) in [5.41, 5.74) is 3.62. The van der Waals surface area contributed by atoms with E-state index in [1.165, 1.54) is 4.80 Å². The molecule has 0 saturated carbocycles. The quantitative estimate of drug-likeness (QED) is 0.574. The molecule has 0 unspecified atom stereocenters. The summed E-state index contributed by atoms with van der Waals surface area (Å²) in [4.78, 5) is 5.73. The maximum Gasteiger partial charge on any atom is 0.223 e. The molecular weight excluding hydrogens is 314 g/mol. The molecular formula is C19H15N5O. The number of hydrogen-bond donors (Lipinski definition) is 0. The molecule has 4 aromatic rings. The topological polar surface area (TPSA) is 65.7 Å². The number of ether oxygens (including phenoxy) is 1. The van der Waals surface area contributed by atoms with Gasteiger partial charge in [0, 0.05) is 11.8 Å². The van der Waals surface area contributed by atoms with Crippen LogP contribution < -0.4 is 4.74 Å². The van der Waals surface area contributed by atoms with Crippen LogP contribution in [0.25, 0.3) is 28.3 Å². The Morgan fingerprint density at radius 1 is 0.880 bits per heavy atom. The molecule has 2 aromatic heterocycles.